The summed E-state index contributed by atoms with van der Waals surface area (Å²) in [6.45, 7) is 3.47. The van der Waals surface area contributed by atoms with Crippen molar-refractivity contribution in [3.63, 3.8) is 0 Å². The molecular formula is C17H22Cl2N2O3S. The van der Waals surface area contributed by atoms with Crippen molar-refractivity contribution < 1.29 is 13.2 Å². The molecule has 0 aromatic heterocycles. The molecule has 1 aliphatic carbocycles. The van der Waals surface area contributed by atoms with Gasteiger partial charge in [-0.2, -0.15) is 4.31 Å². The molecule has 8 heteroatoms. The highest BCUT2D eigenvalue weighted by Crippen LogP contribution is 2.39. The van der Waals surface area contributed by atoms with Crippen molar-refractivity contribution in [2.45, 2.75) is 37.5 Å². The smallest absolute Gasteiger partial charge is 0.243 e. The third-order valence-electron chi connectivity index (χ3n) is 5.28. The molecule has 138 valence electrons. The van der Waals surface area contributed by atoms with E-state index in [1.54, 1.807) is 0 Å². The highest BCUT2D eigenvalue weighted by Gasteiger charge is 2.40. The molecule has 25 heavy (non-hydrogen) atoms. The van der Waals surface area contributed by atoms with Gasteiger partial charge >= 0.3 is 0 Å². The predicted octanol–water partition coefficient (Wildman–Crippen LogP) is 3.41. The van der Waals surface area contributed by atoms with Gasteiger partial charge in [-0.1, -0.05) is 43.0 Å². The molecule has 1 amide bonds. The van der Waals surface area contributed by atoms with Crippen molar-refractivity contribution in [1.29, 1.82) is 0 Å². The fraction of sp³-hybridized carbons (Fsp3) is 0.588. The van der Waals surface area contributed by atoms with Gasteiger partial charge in [0.05, 0.1) is 14.9 Å². The number of piperazine rings is 1. The molecule has 3 rings (SSSR count). The van der Waals surface area contributed by atoms with Crippen molar-refractivity contribution in [3.05, 3.63) is 28.2 Å². The predicted molar refractivity (Wildman–Crippen MR) is 98.4 cm³/mol. The van der Waals surface area contributed by atoms with Crippen LogP contribution in [0, 0.1) is 5.41 Å². The van der Waals surface area contributed by atoms with Gasteiger partial charge < -0.3 is 4.90 Å². The van der Waals surface area contributed by atoms with Crippen molar-refractivity contribution >= 4 is 39.1 Å². The molecule has 0 atom stereocenters. The second-order valence-electron chi connectivity index (χ2n) is 7.04. The number of carbonyl (C=O) groups is 1. The highest BCUT2D eigenvalue weighted by atomic mass is 35.5. The van der Waals surface area contributed by atoms with Crippen LogP contribution in [0.25, 0.3) is 0 Å². The van der Waals surface area contributed by atoms with Crippen LogP contribution in [0.15, 0.2) is 23.1 Å². The van der Waals surface area contributed by atoms with E-state index in [1.165, 1.54) is 22.5 Å². The number of amides is 1. The first kappa shape index (κ1) is 19.0. The third-order valence-corrected chi connectivity index (χ3v) is 7.91. The Hall–Kier alpha value is -0.820. The molecule has 1 heterocycles. The van der Waals surface area contributed by atoms with Crippen molar-refractivity contribution in [2.24, 2.45) is 5.41 Å². The standard InChI is InChI=1S/C17H22Cl2N2O3S/c1-17(6-2-3-7-17)16(22)20-8-10-21(11-9-20)25(23,24)13-4-5-14(18)15(19)12-13/h4-5,12H,2-3,6-11H2,1H3. The van der Waals surface area contributed by atoms with Crippen LogP contribution in [0.1, 0.15) is 32.6 Å². The van der Waals surface area contributed by atoms with Crippen LogP contribution in [0.5, 0.6) is 0 Å². The minimum Gasteiger partial charge on any atom is -0.340 e. The van der Waals surface area contributed by atoms with Crippen LogP contribution in [0.2, 0.25) is 10.0 Å². The number of nitrogens with zero attached hydrogens (tertiary/aromatic N) is 2. The zero-order valence-electron chi connectivity index (χ0n) is 14.2. The maximum Gasteiger partial charge on any atom is 0.243 e. The molecule has 0 spiro atoms. The molecule has 1 aliphatic heterocycles. The number of sulfonamides is 1. The normalized spacial score (nSPS) is 21.5. The van der Waals surface area contributed by atoms with Gasteiger partial charge in [-0.25, -0.2) is 8.42 Å². The monoisotopic (exact) mass is 404 g/mol. The zero-order valence-corrected chi connectivity index (χ0v) is 16.5. The number of hydrogen-bond acceptors (Lipinski definition) is 3. The average Bonchev–Trinajstić information content (AvgIpc) is 3.04. The van der Waals surface area contributed by atoms with E-state index in [1.807, 2.05) is 11.8 Å². The Morgan fingerprint density at radius 1 is 1.04 bits per heavy atom. The van der Waals surface area contributed by atoms with Gasteiger partial charge in [-0.15, -0.1) is 0 Å². The fourth-order valence-corrected chi connectivity index (χ4v) is 5.48. The Balaban J connectivity index is 1.69. The first-order valence-corrected chi connectivity index (χ1v) is 10.7. The largest absolute Gasteiger partial charge is 0.340 e. The molecule has 1 saturated carbocycles. The van der Waals surface area contributed by atoms with Gasteiger partial charge in [0.25, 0.3) is 0 Å². The third kappa shape index (κ3) is 3.68. The van der Waals surface area contributed by atoms with E-state index >= 15 is 0 Å². The molecule has 0 radical (unpaired) electrons. The molecule has 0 unspecified atom stereocenters. The van der Waals surface area contributed by atoms with Gasteiger partial charge in [0, 0.05) is 31.6 Å². The highest BCUT2D eigenvalue weighted by molar-refractivity contribution is 7.89. The lowest BCUT2D eigenvalue weighted by atomic mass is 9.87. The van der Waals surface area contributed by atoms with E-state index in [4.69, 9.17) is 23.2 Å². The summed E-state index contributed by atoms with van der Waals surface area (Å²) in [4.78, 5) is 14.7. The summed E-state index contributed by atoms with van der Waals surface area (Å²) in [7, 11) is -3.63. The number of halogens is 2. The summed E-state index contributed by atoms with van der Waals surface area (Å²) < 4.78 is 26.9. The second kappa shape index (κ2) is 7.06. The minimum atomic E-state index is -3.63. The zero-order chi connectivity index (χ0) is 18.2. The fourth-order valence-electron chi connectivity index (χ4n) is 3.67. The van der Waals surface area contributed by atoms with Crippen molar-refractivity contribution in [2.75, 3.05) is 26.2 Å². The summed E-state index contributed by atoms with van der Waals surface area (Å²) in [5, 5.41) is 0.534. The van der Waals surface area contributed by atoms with Crippen molar-refractivity contribution in [3.8, 4) is 0 Å². The Morgan fingerprint density at radius 2 is 1.64 bits per heavy atom. The molecule has 0 N–H and O–H groups in total. The van der Waals surface area contributed by atoms with E-state index < -0.39 is 10.0 Å². The molecule has 0 bridgehead atoms. The van der Waals surface area contributed by atoms with E-state index in [0.29, 0.717) is 31.2 Å². The van der Waals surface area contributed by atoms with Crippen LogP contribution < -0.4 is 0 Å². The second-order valence-corrected chi connectivity index (χ2v) is 9.79. The summed E-state index contributed by atoms with van der Waals surface area (Å²) in [6, 6.07) is 4.31. The van der Waals surface area contributed by atoms with Crippen LogP contribution in [0.4, 0.5) is 0 Å². The van der Waals surface area contributed by atoms with Crippen LogP contribution in [0.3, 0.4) is 0 Å². The Bertz CT molecular complexity index is 768. The summed E-state index contributed by atoms with van der Waals surface area (Å²) in [6.07, 6.45) is 4.03. The maximum atomic E-state index is 12.8. The lowest BCUT2D eigenvalue weighted by Crippen LogP contribution is -2.53. The average molecular weight is 405 g/mol. The van der Waals surface area contributed by atoms with E-state index in [0.717, 1.165) is 25.7 Å². The Labute approximate surface area is 158 Å². The van der Waals surface area contributed by atoms with Crippen LogP contribution in [-0.4, -0.2) is 49.7 Å². The molecule has 2 aliphatic rings. The molecule has 2 fully saturated rings. The van der Waals surface area contributed by atoms with Crippen molar-refractivity contribution in [1.82, 2.24) is 9.21 Å². The van der Waals surface area contributed by atoms with Crippen LogP contribution in [-0.2, 0) is 14.8 Å². The number of carbonyl (C=O) groups excluding carboxylic acids is 1. The minimum absolute atomic E-state index is 0.129. The summed E-state index contributed by atoms with van der Waals surface area (Å²) in [5.74, 6) is 0.164. The van der Waals surface area contributed by atoms with Gasteiger partial charge in [-0.05, 0) is 31.0 Å². The maximum absolute atomic E-state index is 12.8. The number of benzene rings is 1. The van der Waals surface area contributed by atoms with Gasteiger partial charge in [0.2, 0.25) is 15.9 Å². The first-order valence-electron chi connectivity index (χ1n) is 8.49. The lowest BCUT2D eigenvalue weighted by molar-refractivity contribution is -0.142. The quantitative estimate of drug-likeness (QED) is 0.775. The van der Waals surface area contributed by atoms with Gasteiger partial charge in [0.15, 0.2) is 0 Å². The molecule has 5 nitrogen and oxygen atoms in total. The summed E-state index contributed by atoms with van der Waals surface area (Å²) in [5.41, 5.74) is -0.273. The first-order chi connectivity index (χ1) is 11.7. The molecule has 1 aromatic carbocycles. The molecule has 1 saturated heterocycles. The topological polar surface area (TPSA) is 57.7 Å². The SMILES string of the molecule is CC1(C(=O)N2CCN(S(=O)(=O)c3ccc(Cl)c(Cl)c3)CC2)CCCC1. The van der Waals surface area contributed by atoms with E-state index in [9.17, 15) is 13.2 Å². The van der Waals surface area contributed by atoms with Gasteiger partial charge in [0.1, 0.15) is 0 Å². The Kier molecular flexibility index (Phi) is 5.36. The summed E-state index contributed by atoms with van der Waals surface area (Å²) >= 11 is 11.8. The Morgan fingerprint density at radius 3 is 2.20 bits per heavy atom. The molecular weight excluding hydrogens is 383 g/mol. The molecule has 1 aromatic rings. The van der Waals surface area contributed by atoms with Gasteiger partial charge in [-0.3, -0.25) is 4.79 Å². The van der Waals surface area contributed by atoms with E-state index in [-0.39, 0.29) is 21.2 Å². The van der Waals surface area contributed by atoms with E-state index in [2.05, 4.69) is 0 Å². The van der Waals surface area contributed by atoms with Crippen LogP contribution >= 0.6 is 23.2 Å². The number of rotatable bonds is 3. The lowest BCUT2D eigenvalue weighted by Gasteiger charge is -2.38. The number of hydrogen-bond donors (Lipinski definition) is 0.